The van der Waals surface area contributed by atoms with Gasteiger partial charge in [0.15, 0.2) is 23.3 Å². The van der Waals surface area contributed by atoms with E-state index in [0.29, 0.717) is 22.7 Å². The van der Waals surface area contributed by atoms with Crippen LogP contribution >= 0.6 is 0 Å². The Morgan fingerprint density at radius 2 is 0.538 bits per heavy atom. The van der Waals surface area contributed by atoms with E-state index in [4.69, 9.17) is 0 Å². The summed E-state index contributed by atoms with van der Waals surface area (Å²) >= 11 is 0. The standard InChI is InChI=1S/C72H56F4N2/c1-41-15-9-16-42(2)65(41)51-35-52(66-43(3)17-10-18-44(66)4)38-55(37-51)77(63-25-13-23-59(73)71(63)75)61-33-29-49-28-32-58-62(34-30-50-27-31-57(61)69(49)70(50)58)78(64-26-14-24-60(74)72(64)76)56-39-53(67-45(5)19-11-20-46(67)6)36-54(40-56)68-47(7)21-12-22-48(68)8/h9-40H,1-8H3. The molecule has 0 aromatic heterocycles. The zero-order valence-corrected chi connectivity index (χ0v) is 44.9. The van der Waals surface area contributed by atoms with E-state index in [1.54, 1.807) is 24.3 Å². The molecule has 0 saturated heterocycles. The number of hydrogen-bond acceptors (Lipinski definition) is 2. The highest BCUT2D eigenvalue weighted by Crippen LogP contribution is 2.51. The summed E-state index contributed by atoms with van der Waals surface area (Å²) in [6.07, 6.45) is 0. The van der Waals surface area contributed by atoms with Crippen molar-refractivity contribution in [1.29, 1.82) is 0 Å². The summed E-state index contributed by atoms with van der Waals surface area (Å²) in [4.78, 5) is 3.70. The van der Waals surface area contributed by atoms with Crippen LogP contribution in [0.4, 0.5) is 51.7 Å². The third-order valence-electron chi connectivity index (χ3n) is 15.9. The third kappa shape index (κ3) is 8.35. The Hall–Kier alpha value is -9.00. The second kappa shape index (κ2) is 19.5. The van der Waals surface area contributed by atoms with Crippen LogP contribution in [0.3, 0.4) is 0 Å². The predicted molar refractivity (Wildman–Crippen MR) is 319 cm³/mol. The first-order valence-corrected chi connectivity index (χ1v) is 26.4. The highest BCUT2D eigenvalue weighted by molar-refractivity contribution is 6.28. The van der Waals surface area contributed by atoms with Crippen LogP contribution in [-0.4, -0.2) is 0 Å². The second-order valence-corrected chi connectivity index (χ2v) is 21.0. The molecule has 6 heteroatoms. The summed E-state index contributed by atoms with van der Waals surface area (Å²) in [5.74, 6) is -3.89. The Morgan fingerprint density at radius 1 is 0.269 bits per heavy atom. The maximum Gasteiger partial charge on any atom is 0.182 e. The van der Waals surface area contributed by atoms with Gasteiger partial charge in [0, 0.05) is 22.1 Å². The first-order valence-electron chi connectivity index (χ1n) is 26.4. The van der Waals surface area contributed by atoms with Crippen LogP contribution in [0.1, 0.15) is 44.5 Å². The first kappa shape index (κ1) is 49.9. The van der Waals surface area contributed by atoms with Gasteiger partial charge < -0.3 is 9.80 Å². The van der Waals surface area contributed by atoms with Crippen LogP contribution in [0.25, 0.3) is 76.8 Å². The Balaban J connectivity index is 1.15. The van der Waals surface area contributed by atoms with Crippen molar-refractivity contribution in [3.05, 3.63) is 262 Å². The van der Waals surface area contributed by atoms with Crippen molar-refractivity contribution in [2.24, 2.45) is 0 Å². The van der Waals surface area contributed by atoms with Gasteiger partial charge in [-0.1, -0.05) is 121 Å². The molecular weight excluding hydrogens is 969 g/mol. The van der Waals surface area contributed by atoms with Crippen LogP contribution in [0, 0.1) is 78.7 Å². The van der Waals surface area contributed by atoms with Gasteiger partial charge >= 0.3 is 0 Å². The largest absolute Gasteiger partial charge is 0.307 e. The Morgan fingerprint density at radius 3 is 0.833 bits per heavy atom. The van der Waals surface area contributed by atoms with Crippen LogP contribution < -0.4 is 9.80 Å². The summed E-state index contributed by atoms with van der Waals surface area (Å²) in [5.41, 5.74) is 19.4. The summed E-state index contributed by atoms with van der Waals surface area (Å²) in [6.45, 7) is 16.8. The van der Waals surface area contributed by atoms with Crippen LogP contribution in [-0.2, 0) is 0 Å². The molecule has 0 radical (unpaired) electrons. The SMILES string of the molecule is Cc1cccc(C)c1-c1cc(-c2c(C)cccc2C)cc(N(c2cccc(F)c2F)c2ccc3ccc4c(N(c5cc(-c6c(C)cccc6C)cc(-c6c(C)cccc6C)c5)c5cccc(F)c5F)ccc5ccc2c3c54)c1. The molecule has 0 spiro atoms. The zero-order chi connectivity index (χ0) is 54.3. The van der Waals surface area contributed by atoms with E-state index in [2.05, 4.69) is 189 Å². The van der Waals surface area contributed by atoms with Gasteiger partial charge in [0.1, 0.15) is 0 Å². The molecule has 0 aliphatic carbocycles. The molecule has 0 amide bonds. The maximum absolute atomic E-state index is 16.9. The summed E-state index contributed by atoms with van der Waals surface area (Å²) in [6, 6.07) is 62.6. The zero-order valence-electron chi connectivity index (χ0n) is 44.9. The normalized spacial score (nSPS) is 11.6. The van der Waals surface area contributed by atoms with E-state index in [1.807, 2.05) is 34.1 Å². The van der Waals surface area contributed by atoms with Gasteiger partial charge in [0.05, 0.1) is 22.7 Å². The van der Waals surface area contributed by atoms with E-state index < -0.39 is 23.3 Å². The highest BCUT2D eigenvalue weighted by atomic mass is 19.2. The molecule has 0 N–H and O–H groups in total. The smallest absolute Gasteiger partial charge is 0.182 e. The van der Waals surface area contributed by atoms with Crippen molar-refractivity contribution < 1.29 is 17.6 Å². The van der Waals surface area contributed by atoms with Gasteiger partial charge in [-0.15, -0.1) is 0 Å². The van der Waals surface area contributed by atoms with E-state index in [-0.39, 0.29) is 11.4 Å². The van der Waals surface area contributed by atoms with Crippen molar-refractivity contribution in [3.8, 4) is 44.5 Å². The molecule has 0 saturated carbocycles. The number of rotatable bonds is 10. The molecule has 0 fully saturated rings. The molecule has 0 bridgehead atoms. The monoisotopic (exact) mass is 1020 g/mol. The minimum Gasteiger partial charge on any atom is -0.307 e. The number of anilines is 6. The molecule has 0 unspecified atom stereocenters. The van der Waals surface area contributed by atoms with Gasteiger partial charge in [-0.3, -0.25) is 0 Å². The summed E-state index contributed by atoms with van der Waals surface area (Å²) in [7, 11) is 0. The first-order chi connectivity index (χ1) is 37.7. The van der Waals surface area contributed by atoms with E-state index in [9.17, 15) is 0 Å². The molecular formula is C72H56F4N2. The van der Waals surface area contributed by atoms with Crippen molar-refractivity contribution in [3.63, 3.8) is 0 Å². The number of halogens is 4. The predicted octanol–water partition coefficient (Wildman–Crippen LogP) is 21.2. The Bertz CT molecular complexity index is 3880. The molecule has 12 rings (SSSR count). The van der Waals surface area contributed by atoms with Crippen molar-refractivity contribution >= 4 is 66.4 Å². The average Bonchev–Trinajstić information content (AvgIpc) is 3.62. The van der Waals surface area contributed by atoms with Crippen LogP contribution in [0.2, 0.25) is 0 Å². The molecule has 382 valence electrons. The average molecular weight is 1030 g/mol. The van der Waals surface area contributed by atoms with Crippen LogP contribution in [0.5, 0.6) is 0 Å². The van der Waals surface area contributed by atoms with Gasteiger partial charge in [0.2, 0.25) is 0 Å². The molecule has 0 atom stereocenters. The summed E-state index contributed by atoms with van der Waals surface area (Å²) in [5, 5.41) is 5.18. The fraction of sp³-hybridized carbons (Fsp3) is 0.111. The Labute approximate surface area is 453 Å². The quantitative estimate of drug-likeness (QED) is 0.0995. The molecule has 0 aliphatic rings. The molecule has 12 aromatic carbocycles. The molecule has 78 heavy (non-hydrogen) atoms. The lowest BCUT2D eigenvalue weighted by Gasteiger charge is -2.31. The number of aryl methyl sites for hydroxylation is 8. The lowest BCUT2D eigenvalue weighted by Crippen LogP contribution is -2.14. The van der Waals surface area contributed by atoms with Crippen molar-refractivity contribution in [2.75, 3.05) is 9.80 Å². The molecule has 2 nitrogen and oxygen atoms in total. The third-order valence-corrected chi connectivity index (χ3v) is 15.9. The van der Waals surface area contributed by atoms with Gasteiger partial charge in [-0.2, -0.15) is 0 Å². The molecule has 0 heterocycles. The van der Waals surface area contributed by atoms with Gasteiger partial charge in [-0.25, -0.2) is 17.6 Å². The number of nitrogens with zero attached hydrogens (tertiary/aromatic N) is 2. The fourth-order valence-electron chi connectivity index (χ4n) is 12.4. The van der Waals surface area contributed by atoms with Crippen molar-refractivity contribution in [2.45, 2.75) is 55.4 Å². The second-order valence-electron chi connectivity index (χ2n) is 21.0. The molecule has 0 aliphatic heterocycles. The van der Waals surface area contributed by atoms with Crippen molar-refractivity contribution in [1.82, 2.24) is 0 Å². The Kier molecular flexibility index (Phi) is 12.5. The van der Waals surface area contributed by atoms with E-state index in [0.717, 1.165) is 133 Å². The fourth-order valence-corrected chi connectivity index (χ4v) is 12.4. The minimum atomic E-state index is -0.979. The van der Waals surface area contributed by atoms with Gasteiger partial charge in [0.25, 0.3) is 0 Å². The van der Waals surface area contributed by atoms with Gasteiger partial charge in [-0.05, 0) is 239 Å². The topological polar surface area (TPSA) is 6.48 Å². The lowest BCUT2D eigenvalue weighted by molar-refractivity contribution is 0.510. The van der Waals surface area contributed by atoms with E-state index in [1.165, 1.54) is 0 Å². The van der Waals surface area contributed by atoms with E-state index >= 15 is 17.6 Å². The van der Waals surface area contributed by atoms with Crippen LogP contribution in [0.15, 0.2) is 194 Å². The number of benzene rings is 12. The number of hydrogen-bond donors (Lipinski definition) is 0. The summed E-state index contributed by atoms with van der Waals surface area (Å²) < 4.78 is 65.5. The maximum atomic E-state index is 16.9. The highest BCUT2D eigenvalue weighted by Gasteiger charge is 2.28. The lowest BCUT2D eigenvalue weighted by atomic mass is 9.89. The minimum absolute atomic E-state index is 0.0491. The molecule has 12 aromatic rings.